The van der Waals surface area contributed by atoms with Gasteiger partial charge < -0.3 is 10.5 Å². The Morgan fingerprint density at radius 3 is 2.21 bits per heavy atom. The molecule has 0 saturated carbocycles. The molecule has 0 radical (unpaired) electrons. The topological polar surface area (TPSA) is 43.1 Å². The van der Waals surface area contributed by atoms with Crippen LogP contribution in [0.25, 0.3) is 0 Å². The van der Waals surface area contributed by atoms with E-state index in [2.05, 4.69) is 20.1 Å². The van der Waals surface area contributed by atoms with Gasteiger partial charge >= 0.3 is 0 Å². The molecule has 0 saturated heterocycles. The number of unbranched alkanes of at least 4 members (excludes halogenated alkanes) is 4. The maximum atomic E-state index is 10.4. The summed E-state index contributed by atoms with van der Waals surface area (Å²) in [4.78, 5) is 10.4. The minimum Gasteiger partial charge on any atom is -0.319 e. The average molecular weight is 201 g/mol. The van der Waals surface area contributed by atoms with Crippen LogP contribution in [0.4, 0.5) is 0 Å². The molecule has 0 unspecified atom stereocenters. The zero-order chi connectivity index (χ0) is 11.4. The second-order valence-electron chi connectivity index (χ2n) is 3.79. The van der Waals surface area contributed by atoms with Gasteiger partial charge in [0.1, 0.15) is 6.29 Å². The summed E-state index contributed by atoms with van der Waals surface area (Å²) >= 11 is 0. The number of carbonyl (C=O) groups excluding carboxylic acids is 1. The summed E-state index contributed by atoms with van der Waals surface area (Å²) in [7, 11) is 0. The fourth-order valence-corrected chi connectivity index (χ4v) is 1.17. The molecule has 2 nitrogen and oxygen atoms in total. The Bertz CT molecular complexity index is 138. The lowest BCUT2D eigenvalue weighted by Crippen LogP contribution is -2.37. The molecule has 0 aromatic heterocycles. The van der Waals surface area contributed by atoms with Crippen molar-refractivity contribution in [2.45, 2.75) is 57.9 Å². The first-order valence-corrected chi connectivity index (χ1v) is 5.37. The predicted octanol–water partition coefficient (Wildman–Crippen LogP) is 3.31. The highest BCUT2D eigenvalue weighted by atomic mass is 16.1. The van der Waals surface area contributed by atoms with Crippen molar-refractivity contribution >= 4 is 6.29 Å². The summed E-state index contributed by atoms with van der Waals surface area (Å²) in [5.74, 6) is 0. The average Bonchev–Trinajstić information content (AvgIpc) is 2.21. The Kier molecular flexibility index (Phi) is 11.8. The molecular weight excluding hydrogens is 174 g/mol. The van der Waals surface area contributed by atoms with Crippen LogP contribution in [-0.2, 0) is 4.79 Å². The van der Waals surface area contributed by atoms with E-state index in [0.717, 1.165) is 19.1 Å². The first-order chi connectivity index (χ1) is 6.62. The van der Waals surface area contributed by atoms with Crippen LogP contribution in [0.2, 0.25) is 0 Å². The van der Waals surface area contributed by atoms with E-state index in [9.17, 15) is 4.79 Å². The maximum Gasteiger partial charge on any atom is 0.139 e. The van der Waals surface area contributed by atoms with Crippen LogP contribution < -0.4 is 5.73 Å². The molecule has 14 heavy (non-hydrogen) atoms. The van der Waals surface area contributed by atoms with Gasteiger partial charge in [0, 0.05) is 1.43 Å². The van der Waals surface area contributed by atoms with Crippen molar-refractivity contribution in [1.82, 2.24) is 0 Å². The first-order valence-electron chi connectivity index (χ1n) is 5.37. The van der Waals surface area contributed by atoms with Gasteiger partial charge in [-0.25, -0.2) is 0 Å². The Hall–Kier alpha value is -0.630. The molecular formula is C12H27NO. The molecule has 0 fully saturated rings. The molecule has 0 rings (SSSR count). The summed E-state index contributed by atoms with van der Waals surface area (Å²) in [6, 6.07) is 0. The predicted molar refractivity (Wildman–Crippen MR) is 65.4 cm³/mol. The Labute approximate surface area is 90.1 Å². The van der Waals surface area contributed by atoms with Gasteiger partial charge in [0.25, 0.3) is 0 Å². The molecule has 0 heterocycles. The summed E-state index contributed by atoms with van der Waals surface area (Å²) in [5.41, 5.74) is 5.07. The highest BCUT2D eigenvalue weighted by molar-refractivity contribution is 5.62. The van der Waals surface area contributed by atoms with Gasteiger partial charge in [0.05, 0.1) is 5.54 Å². The normalized spacial score (nSPS) is 13.6. The van der Waals surface area contributed by atoms with Crippen molar-refractivity contribution < 1.29 is 6.22 Å². The smallest absolute Gasteiger partial charge is 0.139 e. The molecule has 0 bridgehead atoms. The van der Waals surface area contributed by atoms with Crippen LogP contribution in [0.3, 0.4) is 0 Å². The Balaban J connectivity index is -0.000000449. The Morgan fingerprint density at radius 2 is 1.79 bits per heavy atom. The van der Waals surface area contributed by atoms with Crippen LogP contribution >= 0.6 is 0 Å². The second kappa shape index (κ2) is 10.5. The van der Waals surface area contributed by atoms with Crippen molar-refractivity contribution in [3.63, 3.8) is 0 Å². The molecule has 0 aromatic carbocycles. The molecule has 2 heteroatoms. The van der Waals surface area contributed by atoms with Crippen LogP contribution in [0.5, 0.6) is 0 Å². The third-order valence-electron chi connectivity index (χ3n) is 2.09. The maximum absolute atomic E-state index is 10.4. The van der Waals surface area contributed by atoms with Crippen LogP contribution in [0.1, 0.15) is 53.8 Å². The standard InChI is InChI=1S/C10H21NO.C2H4.H2/c1-3-4-5-6-7-8-10(2,11)9-12;1-2;/h9H,3-8,11H2,1-2H3;1-2H2;1H/t10-;;/m1../s1. The number of carbonyl (C=O) groups is 1. The molecule has 0 amide bonds. The van der Waals surface area contributed by atoms with E-state index in [1.54, 1.807) is 6.92 Å². The molecule has 0 aliphatic carbocycles. The zero-order valence-corrected chi connectivity index (χ0v) is 9.72. The fraction of sp³-hybridized carbons (Fsp3) is 0.750. The summed E-state index contributed by atoms with van der Waals surface area (Å²) < 4.78 is 0. The summed E-state index contributed by atoms with van der Waals surface area (Å²) in [5, 5.41) is 0. The lowest BCUT2D eigenvalue weighted by Gasteiger charge is -2.15. The number of aldehydes is 1. The van der Waals surface area contributed by atoms with E-state index in [0.29, 0.717) is 0 Å². The van der Waals surface area contributed by atoms with E-state index in [4.69, 9.17) is 5.73 Å². The van der Waals surface area contributed by atoms with Gasteiger partial charge in [-0.3, -0.25) is 0 Å². The highest BCUT2D eigenvalue weighted by Crippen LogP contribution is 2.11. The minimum absolute atomic E-state index is 0. The first kappa shape index (κ1) is 15.8. The third-order valence-corrected chi connectivity index (χ3v) is 2.09. The summed E-state index contributed by atoms with van der Waals surface area (Å²) in [6.07, 6.45) is 7.77. The van der Waals surface area contributed by atoms with Crippen LogP contribution in [0.15, 0.2) is 13.2 Å². The number of rotatable bonds is 7. The van der Waals surface area contributed by atoms with E-state index in [1.165, 1.54) is 25.7 Å². The van der Waals surface area contributed by atoms with E-state index in [-0.39, 0.29) is 1.43 Å². The molecule has 1 atom stereocenters. The van der Waals surface area contributed by atoms with Crippen molar-refractivity contribution in [1.29, 1.82) is 0 Å². The third kappa shape index (κ3) is 11.4. The lowest BCUT2D eigenvalue weighted by atomic mass is 9.97. The van der Waals surface area contributed by atoms with Gasteiger partial charge in [0.15, 0.2) is 0 Å². The molecule has 2 N–H and O–H groups in total. The van der Waals surface area contributed by atoms with Crippen molar-refractivity contribution in [2.24, 2.45) is 5.73 Å². The van der Waals surface area contributed by atoms with Crippen molar-refractivity contribution in [2.75, 3.05) is 0 Å². The molecule has 0 aliphatic rings. The van der Waals surface area contributed by atoms with Gasteiger partial charge in [0.2, 0.25) is 0 Å². The number of nitrogens with two attached hydrogens (primary N) is 1. The molecule has 0 aliphatic heterocycles. The molecule has 86 valence electrons. The number of hydrogen-bond acceptors (Lipinski definition) is 2. The quantitative estimate of drug-likeness (QED) is 0.390. The molecule has 0 spiro atoms. The van der Waals surface area contributed by atoms with E-state index >= 15 is 0 Å². The Morgan fingerprint density at radius 1 is 1.29 bits per heavy atom. The fourth-order valence-electron chi connectivity index (χ4n) is 1.17. The van der Waals surface area contributed by atoms with E-state index < -0.39 is 5.54 Å². The second-order valence-corrected chi connectivity index (χ2v) is 3.79. The molecule has 0 aromatic rings. The minimum atomic E-state index is -0.591. The SMILES string of the molecule is C=C.CCCCCCC[C@@](C)(N)C=O.[HH]. The van der Waals surface area contributed by atoms with Crippen LogP contribution in [0, 0.1) is 0 Å². The lowest BCUT2D eigenvalue weighted by molar-refractivity contribution is -0.112. The summed E-state index contributed by atoms with van der Waals surface area (Å²) in [6.45, 7) is 9.98. The monoisotopic (exact) mass is 201 g/mol. The zero-order valence-electron chi connectivity index (χ0n) is 9.72. The van der Waals surface area contributed by atoms with Gasteiger partial charge in [-0.2, -0.15) is 0 Å². The van der Waals surface area contributed by atoms with Crippen LogP contribution in [-0.4, -0.2) is 11.8 Å². The van der Waals surface area contributed by atoms with Gasteiger partial charge in [-0.1, -0.05) is 39.0 Å². The highest BCUT2D eigenvalue weighted by Gasteiger charge is 2.15. The van der Waals surface area contributed by atoms with E-state index in [1.807, 2.05) is 0 Å². The largest absolute Gasteiger partial charge is 0.319 e. The van der Waals surface area contributed by atoms with Crippen molar-refractivity contribution in [3.8, 4) is 0 Å². The van der Waals surface area contributed by atoms with Crippen molar-refractivity contribution in [3.05, 3.63) is 13.2 Å². The number of hydrogen-bond donors (Lipinski definition) is 1. The van der Waals surface area contributed by atoms with Gasteiger partial charge in [-0.05, 0) is 13.3 Å². The van der Waals surface area contributed by atoms with Gasteiger partial charge in [-0.15, -0.1) is 13.2 Å².